The van der Waals surface area contributed by atoms with E-state index in [1.807, 2.05) is 0 Å². The van der Waals surface area contributed by atoms with E-state index < -0.39 is 24.2 Å². The van der Waals surface area contributed by atoms with Crippen LogP contribution in [0.5, 0.6) is 11.5 Å². The second-order valence-corrected chi connectivity index (χ2v) is 5.27. The molecular weight excluding hydrogens is 345 g/mol. The molecule has 1 amide bonds. The number of phenols is 2. The van der Waals surface area contributed by atoms with E-state index in [1.165, 1.54) is 24.3 Å². The fraction of sp³-hybridized carbons (Fsp3) is 0.0667. The van der Waals surface area contributed by atoms with Gasteiger partial charge >= 0.3 is 5.97 Å². The zero-order chi connectivity index (χ0) is 17.0. The van der Waals surface area contributed by atoms with Gasteiger partial charge in [0.1, 0.15) is 17.1 Å². The van der Waals surface area contributed by atoms with E-state index in [-0.39, 0.29) is 16.3 Å². The second kappa shape index (κ2) is 7.21. The van der Waals surface area contributed by atoms with Crippen LogP contribution in [0, 0.1) is 0 Å². The van der Waals surface area contributed by atoms with Crippen molar-refractivity contribution in [2.45, 2.75) is 0 Å². The Morgan fingerprint density at radius 1 is 1.04 bits per heavy atom. The lowest BCUT2D eigenvalue weighted by Crippen LogP contribution is -2.21. The van der Waals surface area contributed by atoms with E-state index in [0.717, 1.165) is 6.07 Å². The van der Waals surface area contributed by atoms with Crippen LogP contribution in [0.4, 0.5) is 5.69 Å². The maximum atomic E-state index is 11.8. The molecule has 0 aliphatic rings. The average Bonchev–Trinajstić information content (AvgIpc) is 2.48. The molecule has 2 aromatic rings. The quantitative estimate of drug-likeness (QED) is 0.731. The van der Waals surface area contributed by atoms with E-state index in [1.54, 1.807) is 6.07 Å². The summed E-state index contributed by atoms with van der Waals surface area (Å²) < 4.78 is 4.79. The monoisotopic (exact) mass is 355 g/mol. The van der Waals surface area contributed by atoms with Gasteiger partial charge in [-0.3, -0.25) is 4.79 Å². The van der Waals surface area contributed by atoms with E-state index in [2.05, 4.69) is 5.32 Å². The first-order chi connectivity index (χ1) is 10.9. The van der Waals surface area contributed by atoms with Gasteiger partial charge in [-0.15, -0.1) is 0 Å². The molecule has 0 aromatic heterocycles. The maximum absolute atomic E-state index is 11.8. The lowest BCUT2D eigenvalue weighted by molar-refractivity contribution is -0.119. The number of amides is 1. The molecule has 6 nitrogen and oxygen atoms in total. The standard InChI is InChI=1S/C15H11Cl2NO5/c16-11-4-1-8(5-12(11)17)18-14(21)7-23-15(22)10-3-2-9(19)6-13(10)20/h1-6,19-20H,7H2,(H,18,21). The fourth-order valence-corrected chi connectivity index (χ4v) is 1.97. The molecule has 8 heteroatoms. The molecule has 0 radical (unpaired) electrons. The van der Waals surface area contributed by atoms with Crippen molar-refractivity contribution in [3.8, 4) is 11.5 Å². The van der Waals surface area contributed by atoms with Crippen LogP contribution in [0.2, 0.25) is 10.0 Å². The molecule has 0 saturated heterocycles. The summed E-state index contributed by atoms with van der Waals surface area (Å²) in [6.07, 6.45) is 0. The van der Waals surface area contributed by atoms with Crippen LogP contribution >= 0.6 is 23.2 Å². The lowest BCUT2D eigenvalue weighted by atomic mass is 10.2. The van der Waals surface area contributed by atoms with Crippen LogP contribution in [0.3, 0.4) is 0 Å². The highest BCUT2D eigenvalue weighted by Crippen LogP contribution is 2.25. The number of hydrogen-bond donors (Lipinski definition) is 3. The van der Waals surface area contributed by atoms with Gasteiger partial charge in [0.15, 0.2) is 6.61 Å². The highest BCUT2D eigenvalue weighted by molar-refractivity contribution is 6.42. The van der Waals surface area contributed by atoms with Gasteiger partial charge in [-0.1, -0.05) is 23.2 Å². The van der Waals surface area contributed by atoms with E-state index in [4.69, 9.17) is 33.0 Å². The van der Waals surface area contributed by atoms with E-state index in [9.17, 15) is 14.7 Å². The minimum Gasteiger partial charge on any atom is -0.508 e. The first kappa shape index (κ1) is 16.9. The molecule has 0 spiro atoms. The minimum atomic E-state index is -0.896. The third-order valence-corrected chi connectivity index (χ3v) is 3.48. The minimum absolute atomic E-state index is 0.162. The number of phenolic OH excluding ortho intramolecular Hbond substituents is 2. The molecule has 0 atom stereocenters. The molecule has 3 N–H and O–H groups in total. The number of aromatic hydroxyl groups is 2. The highest BCUT2D eigenvalue weighted by atomic mass is 35.5. The summed E-state index contributed by atoms with van der Waals surface area (Å²) >= 11 is 11.6. The Morgan fingerprint density at radius 3 is 2.43 bits per heavy atom. The van der Waals surface area contributed by atoms with Crippen molar-refractivity contribution in [3.63, 3.8) is 0 Å². The van der Waals surface area contributed by atoms with Gasteiger partial charge < -0.3 is 20.3 Å². The molecule has 2 rings (SSSR count). The van der Waals surface area contributed by atoms with Crippen molar-refractivity contribution < 1.29 is 24.5 Å². The predicted octanol–water partition coefficient (Wildman–Crippen LogP) is 3.20. The molecule has 0 heterocycles. The van der Waals surface area contributed by atoms with Crippen molar-refractivity contribution in [2.75, 3.05) is 11.9 Å². The summed E-state index contributed by atoms with van der Waals surface area (Å²) in [6, 6.07) is 7.90. The highest BCUT2D eigenvalue weighted by Gasteiger charge is 2.15. The Balaban J connectivity index is 1.93. The topological polar surface area (TPSA) is 95.9 Å². The summed E-state index contributed by atoms with van der Waals surface area (Å²) in [7, 11) is 0. The number of nitrogens with one attached hydrogen (secondary N) is 1. The van der Waals surface area contributed by atoms with Crippen LogP contribution in [0.15, 0.2) is 36.4 Å². The van der Waals surface area contributed by atoms with Crippen LogP contribution in [-0.4, -0.2) is 28.7 Å². The van der Waals surface area contributed by atoms with Crippen LogP contribution in [0.25, 0.3) is 0 Å². The smallest absolute Gasteiger partial charge is 0.342 e. The number of carbonyl (C=O) groups excluding carboxylic acids is 2. The molecule has 0 bridgehead atoms. The molecular formula is C15H11Cl2NO5. The van der Waals surface area contributed by atoms with Gasteiger partial charge in [0.25, 0.3) is 5.91 Å². The van der Waals surface area contributed by atoms with Crippen molar-refractivity contribution in [3.05, 3.63) is 52.0 Å². The number of carbonyl (C=O) groups is 2. The van der Waals surface area contributed by atoms with Gasteiger partial charge in [-0.05, 0) is 30.3 Å². The predicted molar refractivity (Wildman–Crippen MR) is 85.1 cm³/mol. The SMILES string of the molecule is O=C(COC(=O)c1ccc(O)cc1O)Nc1ccc(Cl)c(Cl)c1. The third kappa shape index (κ3) is 4.51. The Hall–Kier alpha value is -2.44. The zero-order valence-electron chi connectivity index (χ0n) is 11.5. The number of halogens is 2. The number of rotatable bonds is 4. The van der Waals surface area contributed by atoms with Gasteiger partial charge in [0, 0.05) is 11.8 Å². The number of benzene rings is 2. The molecule has 120 valence electrons. The molecule has 0 unspecified atom stereocenters. The van der Waals surface area contributed by atoms with Gasteiger partial charge in [-0.25, -0.2) is 4.79 Å². The molecule has 0 aliphatic carbocycles. The Morgan fingerprint density at radius 2 is 1.78 bits per heavy atom. The largest absolute Gasteiger partial charge is 0.508 e. The van der Waals surface area contributed by atoms with E-state index in [0.29, 0.717) is 10.7 Å². The fourth-order valence-electron chi connectivity index (χ4n) is 1.67. The first-order valence-corrected chi connectivity index (χ1v) is 7.06. The van der Waals surface area contributed by atoms with Crippen molar-refractivity contribution in [1.82, 2.24) is 0 Å². The van der Waals surface area contributed by atoms with Crippen LogP contribution in [0.1, 0.15) is 10.4 Å². The van der Waals surface area contributed by atoms with Crippen molar-refractivity contribution in [1.29, 1.82) is 0 Å². The normalized spacial score (nSPS) is 10.2. The van der Waals surface area contributed by atoms with Crippen molar-refractivity contribution in [2.24, 2.45) is 0 Å². The van der Waals surface area contributed by atoms with Crippen LogP contribution in [-0.2, 0) is 9.53 Å². The Bertz CT molecular complexity index is 764. The maximum Gasteiger partial charge on any atom is 0.342 e. The first-order valence-electron chi connectivity index (χ1n) is 6.31. The van der Waals surface area contributed by atoms with Gasteiger partial charge in [0.2, 0.25) is 0 Å². The summed E-state index contributed by atoms with van der Waals surface area (Å²) in [6.45, 7) is -0.556. The zero-order valence-corrected chi connectivity index (χ0v) is 13.1. The molecule has 0 aliphatic heterocycles. The third-order valence-electron chi connectivity index (χ3n) is 2.74. The molecule has 0 saturated carbocycles. The summed E-state index contributed by atoms with van der Waals surface area (Å²) in [4.78, 5) is 23.5. The molecule has 0 fully saturated rings. The molecule has 2 aromatic carbocycles. The number of hydrogen-bond acceptors (Lipinski definition) is 5. The average molecular weight is 356 g/mol. The van der Waals surface area contributed by atoms with Gasteiger partial charge in [0.05, 0.1) is 10.0 Å². The lowest BCUT2D eigenvalue weighted by Gasteiger charge is -2.08. The van der Waals surface area contributed by atoms with E-state index >= 15 is 0 Å². The number of anilines is 1. The second-order valence-electron chi connectivity index (χ2n) is 4.45. The van der Waals surface area contributed by atoms with Crippen molar-refractivity contribution >= 4 is 40.8 Å². The Labute approximate surface area is 141 Å². The van der Waals surface area contributed by atoms with Crippen LogP contribution < -0.4 is 5.32 Å². The molecule has 23 heavy (non-hydrogen) atoms. The van der Waals surface area contributed by atoms with Gasteiger partial charge in [-0.2, -0.15) is 0 Å². The summed E-state index contributed by atoms with van der Waals surface area (Å²) in [5.74, 6) is -2.13. The summed E-state index contributed by atoms with van der Waals surface area (Å²) in [5.41, 5.74) is 0.234. The number of ether oxygens (including phenoxy) is 1. The Kier molecular flexibility index (Phi) is 5.31. The summed E-state index contributed by atoms with van der Waals surface area (Å²) in [5, 5.41) is 21.8. The number of esters is 1.